The average molecular weight is 694 g/mol. The SMILES string of the molecule is CC(C)C(=O)OC[C@]12CC[C@]3(C(C)C)C1=C1[C@H](C[C@@H]4[C@@]5(C)CC[C@H](OC(=O)C(C)C)C(C)(C)[C@@H]5CC[C@@]4(C)[C@]1(C)CC2)n1c(=O)n(C)c(=O)n13. The van der Waals surface area contributed by atoms with Gasteiger partial charge < -0.3 is 9.47 Å². The summed E-state index contributed by atoms with van der Waals surface area (Å²) < 4.78 is 17.5. The van der Waals surface area contributed by atoms with Gasteiger partial charge >= 0.3 is 23.3 Å². The smallest absolute Gasteiger partial charge is 0.347 e. The molecule has 6 aliphatic rings. The monoisotopic (exact) mass is 693 g/mol. The number of rotatable bonds is 6. The molecule has 4 fully saturated rings. The Morgan fingerprint density at radius 2 is 1.44 bits per heavy atom. The minimum Gasteiger partial charge on any atom is -0.465 e. The van der Waals surface area contributed by atoms with E-state index in [1.54, 1.807) is 7.05 Å². The Morgan fingerprint density at radius 1 is 0.800 bits per heavy atom. The number of hydrogen-bond donors (Lipinski definition) is 0. The lowest BCUT2D eigenvalue weighted by atomic mass is 9.33. The van der Waals surface area contributed by atoms with E-state index in [0.29, 0.717) is 18.4 Å². The second-order valence-electron chi connectivity index (χ2n) is 19.8. The summed E-state index contributed by atoms with van der Waals surface area (Å²) in [5.41, 5.74) is 0.732. The molecule has 278 valence electrons. The third-order valence-corrected chi connectivity index (χ3v) is 16.4. The van der Waals surface area contributed by atoms with Gasteiger partial charge in [0.2, 0.25) is 0 Å². The Morgan fingerprint density at radius 3 is 2.06 bits per heavy atom. The fraction of sp³-hybridized carbons (Fsp3) is 0.854. The van der Waals surface area contributed by atoms with E-state index in [0.717, 1.165) is 57.8 Å². The molecular formula is C41H63N3O6. The van der Waals surface area contributed by atoms with E-state index in [4.69, 9.17) is 9.47 Å². The maximum Gasteiger partial charge on any atom is 0.347 e. The number of allylic oxidation sites excluding steroid dienone is 1. The first kappa shape index (κ1) is 35.8. The Bertz CT molecular complexity index is 1780. The highest BCUT2D eigenvalue weighted by atomic mass is 16.5. The minimum absolute atomic E-state index is 0.0381. The molecule has 1 aromatic heterocycles. The van der Waals surface area contributed by atoms with Crippen molar-refractivity contribution in [1.82, 2.24) is 13.9 Å². The maximum absolute atomic E-state index is 14.4. The van der Waals surface area contributed by atoms with Crippen LogP contribution in [-0.4, -0.2) is 38.6 Å². The third kappa shape index (κ3) is 4.18. The lowest BCUT2D eigenvalue weighted by molar-refractivity contribution is -0.220. The molecule has 0 radical (unpaired) electrons. The summed E-state index contributed by atoms with van der Waals surface area (Å²) >= 11 is 0. The first-order valence-corrected chi connectivity index (χ1v) is 19.7. The van der Waals surface area contributed by atoms with Crippen LogP contribution in [0.15, 0.2) is 20.7 Å². The molecule has 0 unspecified atom stereocenters. The maximum atomic E-state index is 14.4. The second-order valence-corrected chi connectivity index (χ2v) is 19.8. The van der Waals surface area contributed by atoms with Crippen LogP contribution >= 0.6 is 0 Å². The van der Waals surface area contributed by atoms with Crippen molar-refractivity contribution >= 4 is 11.9 Å². The van der Waals surface area contributed by atoms with Gasteiger partial charge in [-0.2, -0.15) is 0 Å². The van der Waals surface area contributed by atoms with Crippen LogP contribution < -0.4 is 11.4 Å². The average Bonchev–Trinajstić information content (AvgIpc) is 3.50. The zero-order chi connectivity index (χ0) is 36.7. The van der Waals surface area contributed by atoms with E-state index in [1.807, 2.05) is 37.1 Å². The van der Waals surface area contributed by atoms with E-state index >= 15 is 0 Å². The van der Waals surface area contributed by atoms with Crippen molar-refractivity contribution in [3.05, 3.63) is 32.1 Å². The van der Waals surface area contributed by atoms with Crippen molar-refractivity contribution in [2.45, 2.75) is 152 Å². The summed E-state index contributed by atoms with van der Waals surface area (Å²) in [6.45, 7) is 24.5. The molecule has 0 amide bonds. The van der Waals surface area contributed by atoms with E-state index in [2.05, 4.69) is 48.5 Å². The molecule has 9 atom stereocenters. The van der Waals surface area contributed by atoms with Crippen molar-refractivity contribution in [2.24, 2.45) is 63.7 Å². The zero-order valence-electron chi connectivity index (χ0n) is 32.9. The van der Waals surface area contributed by atoms with Crippen LogP contribution in [0, 0.1) is 56.7 Å². The van der Waals surface area contributed by atoms with Crippen molar-refractivity contribution in [3.8, 4) is 0 Å². The molecule has 0 saturated heterocycles. The van der Waals surface area contributed by atoms with Crippen LogP contribution in [0.5, 0.6) is 0 Å². The summed E-state index contributed by atoms with van der Waals surface area (Å²) in [4.78, 5) is 54.6. The highest BCUT2D eigenvalue weighted by molar-refractivity contribution is 5.72. The number of hydrogen-bond acceptors (Lipinski definition) is 6. The molecule has 50 heavy (non-hydrogen) atoms. The number of aromatic nitrogens is 3. The lowest BCUT2D eigenvalue weighted by Crippen LogP contribution is -2.67. The Kier molecular flexibility index (Phi) is 7.86. The Hall–Kier alpha value is -2.58. The molecule has 4 saturated carbocycles. The van der Waals surface area contributed by atoms with Gasteiger partial charge in [-0.15, -0.1) is 0 Å². The third-order valence-electron chi connectivity index (χ3n) is 16.4. The Balaban J connectivity index is 1.43. The van der Waals surface area contributed by atoms with E-state index in [9.17, 15) is 19.2 Å². The zero-order valence-corrected chi connectivity index (χ0v) is 32.9. The molecule has 0 N–H and O–H groups in total. The van der Waals surface area contributed by atoms with Crippen LogP contribution in [0.4, 0.5) is 0 Å². The molecule has 5 aliphatic carbocycles. The van der Waals surface area contributed by atoms with Gasteiger partial charge in [0.15, 0.2) is 0 Å². The highest BCUT2D eigenvalue weighted by Gasteiger charge is 2.73. The number of carbonyl (C=O) groups is 2. The van der Waals surface area contributed by atoms with Gasteiger partial charge in [0.1, 0.15) is 12.7 Å². The molecule has 9 nitrogen and oxygen atoms in total. The van der Waals surface area contributed by atoms with Gasteiger partial charge in [-0.05, 0) is 103 Å². The van der Waals surface area contributed by atoms with Gasteiger partial charge in [-0.25, -0.2) is 23.5 Å². The predicted octanol–water partition coefficient (Wildman–Crippen LogP) is 7.16. The first-order chi connectivity index (χ1) is 23.2. The molecule has 0 bridgehead atoms. The van der Waals surface area contributed by atoms with Crippen molar-refractivity contribution < 1.29 is 19.1 Å². The van der Waals surface area contributed by atoms with Gasteiger partial charge in [0, 0.05) is 17.9 Å². The fourth-order valence-corrected chi connectivity index (χ4v) is 13.5. The van der Waals surface area contributed by atoms with E-state index in [1.165, 1.54) is 15.7 Å². The van der Waals surface area contributed by atoms with Crippen LogP contribution in [-0.2, 0) is 31.6 Å². The predicted molar refractivity (Wildman–Crippen MR) is 192 cm³/mol. The number of esters is 2. The summed E-state index contributed by atoms with van der Waals surface area (Å²) in [6, 6.07) is -0.241. The number of fused-ring (bicyclic) bond motifs is 7. The summed E-state index contributed by atoms with van der Waals surface area (Å²) in [6.07, 6.45) is 8.05. The van der Waals surface area contributed by atoms with E-state index in [-0.39, 0.29) is 80.3 Å². The molecule has 0 aromatic carbocycles. The number of carbonyl (C=O) groups excluding carboxylic acids is 2. The highest BCUT2D eigenvalue weighted by Crippen LogP contribution is 2.79. The molecule has 1 aromatic rings. The van der Waals surface area contributed by atoms with Crippen LogP contribution in [0.2, 0.25) is 0 Å². The minimum atomic E-state index is -0.653. The van der Waals surface area contributed by atoms with Crippen molar-refractivity contribution in [3.63, 3.8) is 0 Å². The summed E-state index contributed by atoms with van der Waals surface area (Å²) in [5, 5.41) is 0. The fourth-order valence-electron chi connectivity index (χ4n) is 13.5. The summed E-state index contributed by atoms with van der Waals surface area (Å²) in [5.74, 6) is 0.0330. The molecule has 1 aliphatic heterocycles. The molecule has 2 heterocycles. The molecule has 9 heteroatoms. The topological polar surface area (TPSA) is 102 Å². The molecule has 0 spiro atoms. The van der Waals surface area contributed by atoms with Crippen molar-refractivity contribution in [2.75, 3.05) is 6.61 Å². The first-order valence-electron chi connectivity index (χ1n) is 19.7. The van der Waals surface area contributed by atoms with Gasteiger partial charge in [0.05, 0.1) is 23.4 Å². The van der Waals surface area contributed by atoms with Crippen LogP contribution in [0.1, 0.15) is 140 Å². The van der Waals surface area contributed by atoms with Gasteiger partial charge in [-0.1, -0.05) is 76.2 Å². The molecular weight excluding hydrogens is 630 g/mol. The van der Waals surface area contributed by atoms with Crippen molar-refractivity contribution in [1.29, 1.82) is 0 Å². The standard InChI is InChI=1S/C41H63N3O6/c1-23(2)32(45)49-22-40-18-17-39(11)30-26(43-34(47)42(12)35(48)44(43)41(20-19-40,25(5)6)31(30)40)21-28-37(9)15-14-29(50-33(46)24(3)4)36(7,8)27(37)13-16-38(28,39)10/h23-29H,13-22H2,1-12H3/t26-,27-,28+,29-,37-,38+,39+,40-,41-/m0/s1. The molecule has 7 rings (SSSR count). The lowest BCUT2D eigenvalue weighted by Gasteiger charge is -2.72. The van der Waals surface area contributed by atoms with Gasteiger partial charge in [0.25, 0.3) is 0 Å². The van der Waals surface area contributed by atoms with E-state index < -0.39 is 5.54 Å². The Labute approximate surface area is 298 Å². The second kappa shape index (κ2) is 11.0. The summed E-state index contributed by atoms with van der Waals surface area (Å²) in [7, 11) is 1.63. The van der Waals surface area contributed by atoms with Crippen LogP contribution in [0.3, 0.4) is 0 Å². The number of ether oxygens (including phenoxy) is 2. The van der Waals surface area contributed by atoms with Gasteiger partial charge in [-0.3, -0.25) is 9.59 Å². The van der Waals surface area contributed by atoms with Crippen LogP contribution in [0.25, 0.3) is 0 Å². The number of nitrogens with zero attached hydrogens (tertiary/aromatic N) is 3. The normalized spacial score (nSPS) is 41.1. The quantitative estimate of drug-likeness (QED) is 0.232. The largest absolute Gasteiger partial charge is 0.465 e.